The van der Waals surface area contributed by atoms with Crippen molar-refractivity contribution in [3.63, 3.8) is 0 Å². The summed E-state index contributed by atoms with van der Waals surface area (Å²) in [5, 5.41) is 13.2. The zero-order valence-electron chi connectivity index (χ0n) is 14.3. The average Bonchev–Trinajstić information content (AvgIpc) is 3.11. The first-order chi connectivity index (χ1) is 13.1. The highest BCUT2D eigenvalue weighted by Gasteiger charge is 2.14. The Kier molecular flexibility index (Phi) is 5.36. The van der Waals surface area contributed by atoms with Crippen LogP contribution in [0.4, 0.5) is 0 Å². The highest BCUT2D eigenvalue weighted by Crippen LogP contribution is 2.28. The Labute approximate surface area is 154 Å². The lowest BCUT2D eigenvalue weighted by molar-refractivity contribution is -0.139. The quantitative estimate of drug-likeness (QED) is 0.490. The van der Waals surface area contributed by atoms with E-state index in [1.807, 2.05) is 6.07 Å². The maximum Gasteiger partial charge on any atom is 0.341 e. The number of amides is 1. The molecule has 2 N–H and O–H groups in total. The van der Waals surface area contributed by atoms with E-state index in [-0.39, 0.29) is 5.76 Å². The Morgan fingerprint density at radius 1 is 1.22 bits per heavy atom. The van der Waals surface area contributed by atoms with Gasteiger partial charge in [-0.1, -0.05) is 12.1 Å². The summed E-state index contributed by atoms with van der Waals surface area (Å²) in [6.07, 6.45) is 1.45. The third kappa shape index (κ3) is 4.43. The lowest BCUT2D eigenvalue weighted by Crippen LogP contribution is -2.16. The molecule has 0 fully saturated rings. The molecule has 8 nitrogen and oxygen atoms in total. The van der Waals surface area contributed by atoms with Crippen LogP contribution >= 0.6 is 0 Å². The number of benzene rings is 2. The largest absolute Gasteiger partial charge is 0.493 e. The van der Waals surface area contributed by atoms with Crippen LogP contribution in [0.3, 0.4) is 0 Å². The number of carbonyl (C=O) groups is 2. The maximum atomic E-state index is 12.2. The maximum absolute atomic E-state index is 12.2. The number of ether oxygens (including phenoxy) is 2. The van der Waals surface area contributed by atoms with Gasteiger partial charge in [0.2, 0.25) is 0 Å². The fourth-order valence-corrected chi connectivity index (χ4v) is 2.32. The predicted octanol–water partition coefficient (Wildman–Crippen LogP) is 2.67. The number of hydrazone groups is 1. The van der Waals surface area contributed by atoms with E-state index in [0.717, 1.165) is 5.39 Å². The molecule has 1 amide bonds. The van der Waals surface area contributed by atoms with Gasteiger partial charge in [-0.3, -0.25) is 4.79 Å². The van der Waals surface area contributed by atoms with Crippen molar-refractivity contribution in [2.45, 2.75) is 0 Å². The molecule has 138 valence electrons. The molecule has 1 heterocycles. The van der Waals surface area contributed by atoms with E-state index in [2.05, 4.69) is 10.5 Å². The van der Waals surface area contributed by atoms with Crippen LogP contribution in [-0.4, -0.2) is 36.9 Å². The number of methoxy groups -OCH3 is 1. The zero-order valence-corrected chi connectivity index (χ0v) is 14.3. The number of carbonyl (C=O) groups excluding carboxylic acids is 1. The van der Waals surface area contributed by atoms with Gasteiger partial charge in [0, 0.05) is 5.39 Å². The molecule has 0 aliphatic rings. The summed E-state index contributed by atoms with van der Waals surface area (Å²) in [7, 11) is 1.53. The fourth-order valence-electron chi connectivity index (χ4n) is 2.32. The van der Waals surface area contributed by atoms with Gasteiger partial charge in [0.25, 0.3) is 0 Å². The molecule has 1 aromatic heterocycles. The Balaban J connectivity index is 1.62. The molecule has 0 radical (unpaired) electrons. The molecular formula is C19H16N2O6. The number of hydrogen-bond donors (Lipinski definition) is 2. The molecule has 3 rings (SSSR count). The molecule has 2 aromatic carbocycles. The van der Waals surface area contributed by atoms with E-state index >= 15 is 0 Å². The number of nitrogens with zero attached hydrogens (tertiary/aromatic N) is 1. The first-order valence-corrected chi connectivity index (χ1v) is 7.91. The van der Waals surface area contributed by atoms with E-state index in [0.29, 0.717) is 22.6 Å². The summed E-state index contributed by atoms with van der Waals surface area (Å²) in [6, 6.07) is 13.6. The third-order valence-electron chi connectivity index (χ3n) is 3.57. The van der Waals surface area contributed by atoms with Crippen LogP contribution in [0.1, 0.15) is 16.1 Å². The van der Waals surface area contributed by atoms with Crippen molar-refractivity contribution in [3.8, 4) is 11.5 Å². The second kappa shape index (κ2) is 8.05. The summed E-state index contributed by atoms with van der Waals surface area (Å²) in [5.74, 6) is -0.461. The van der Waals surface area contributed by atoms with Crippen molar-refractivity contribution in [2.24, 2.45) is 5.10 Å². The second-order valence-corrected chi connectivity index (χ2v) is 5.44. The monoisotopic (exact) mass is 368 g/mol. The highest BCUT2D eigenvalue weighted by molar-refractivity contribution is 5.97. The van der Waals surface area contributed by atoms with Crippen molar-refractivity contribution in [1.29, 1.82) is 0 Å². The number of hydrogen-bond acceptors (Lipinski definition) is 6. The molecule has 3 aromatic rings. The normalized spacial score (nSPS) is 10.9. The van der Waals surface area contributed by atoms with Crippen molar-refractivity contribution >= 4 is 29.1 Å². The van der Waals surface area contributed by atoms with E-state index in [1.54, 1.807) is 42.5 Å². The van der Waals surface area contributed by atoms with Crippen molar-refractivity contribution in [1.82, 2.24) is 5.43 Å². The van der Waals surface area contributed by atoms with Gasteiger partial charge in [-0.25, -0.2) is 10.2 Å². The van der Waals surface area contributed by atoms with Crippen LogP contribution in [0, 0.1) is 0 Å². The molecule has 0 saturated carbocycles. The van der Waals surface area contributed by atoms with Crippen LogP contribution < -0.4 is 14.9 Å². The number of aliphatic carboxylic acids is 1. The van der Waals surface area contributed by atoms with Gasteiger partial charge in [0.05, 0.1) is 13.3 Å². The standard InChI is InChI=1S/C19H16N2O6/c1-25-15-4-2-3-13-9-16(27-18(13)15)19(24)21-20-10-12-5-7-14(8-6-12)26-11-17(22)23/h2-10H,11H2,1H3,(H,21,24)(H,22,23)/b20-10+. The molecule has 0 atom stereocenters. The van der Waals surface area contributed by atoms with Gasteiger partial charge in [0.15, 0.2) is 23.7 Å². The first kappa shape index (κ1) is 18.0. The van der Waals surface area contributed by atoms with Gasteiger partial charge in [0.1, 0.15) is 5.75 Å². The molecule has 0 spiro atoms. The van der Waals surface area contributed by atoms with E-state index in [4.69, 9.17) is 19.0 Å². The lowest BCUT2D eigenvalue weighted by atomic mass is 10.2. The summed E-state index contributed by atoms with van der Waals surface area (Å²) in [5.41, 5.74) is 3.58. The molecule has 0 saturated heterocycles. The Morgan fingerprint density at radius 2 is 2.00 bits per heavy atom. The minimum Gasteiger partial charge on any atom is -0.493 e. The predicted molar refractivity (Wildman–Crippen MR) is 97.4 cm³/mol. The van der Waals surface area contributed by atoms with Gasteiger partial charge < -0.3 is 19.0 Å². The highest BCUT2D eigenvalue weighted by atomic mass is 16.5. The van der Waals surface area contributed by atoms with E-state index in [9.17, 15) is 9.59 Å². The van der Waals surface area contributed by atoms with Crippen LogP contribution in [-0.2, 0) is 4.79 Å². The minimum atomic E-state index is -1.05. The van der Waals surface area contributed by atoms with Crippen molar-refractivity contribution < 1.29 is 28.6 Å². The molecule has 0 aliphatic heterocycles. The zero-order chi connectivity index (χ0) is 19.2. The number of furan rings is 1. The van der Waals surface area contributed by atoms with E-state index in [1.165, 1.54) is 13.3 Å². The topological polar surface area (TPSA) is 110 Å². The second-order valence-electron chi connectivity index (χ2n) is 5.44. The summed E-state index contributed by atoms with van der Waals surface area (Å²) >= 11 is 0. The average molecular weight is 368 g/mol. The molecule has 0 aliphatic carbocycles. The molecule has 8 heteroatoms. The van der Waals surface area contributed by atoms with Crippen molar-refractivity contribution in [3.05, 3.63) is 59.9 Å². The summed E-state index contributed by atoms with van der Waals surface area (Å²) in [6.45, 7) is -0.411. The first-order valence-electron chi connectivity index (χ1n) is 7.91. The summed E-state index contributed by atoms with van der Waals surface area (Å²) < 4.78 is 15.8. The van der Waals surface area contributed by atoms with Crippen LogP contribution in [0.25, 0.3) is 11.0 Å². The summed E-state index contributed by atoms with van der Waals surface area (Å²) in [4.78, 5) is 22.6. The smallest absolute Gasteiger partial charge is 0.341 e. The van der Waals surface area contributed by atoms with Crippen molar-refractivity contribution in [2.75, 3.05) is 13.7 Å². The number of fused-ring (bicyclic) bond motifs is 1. The number of nitrogens with one attached hydrogen (secondary N) is 1. The molecule has 0 bridgehead atoms. The lowest BCUT2D eigenvalue weighted by Gasteiger charge is -2.02. The number of para-hydroxylation sites is 1. The Morgan fingerprint density at radius 3 is 2.70 bits per heavy atom. The Hall–Kier alpha value is -3.81. The molecule has 27 heavy (non-hydrogen) atoms. The SMILES string of the molecule is COc1cccc2cc(C(=O)N/N=C/c3ccc(OCC(=O)O)cc3)oc12. The number of carboxylic acids is 1. The Bertz CT molecular complexity index is 991. The van der Waals surface area contributed by atoms with Gasteiger partial charge in [-0.15, -0.1) is 0 Å². The van der Waals surface area contributed by atoms with Gasteiger partial charge >= 0.3 is 11.9 Å². The van der Waals surface area contributed by atoms with Crippen LogP contribution in [0.15, 0.2) is 58.0 Å². The molecule has 0 unspecified atom stereocenters. The van der Waals surface area contributed by atoms with Gasteiger partial charge in [-0.2, -0.15) is 5.10 Å². The van der Waals surface area contributed by atoms with Crippen LogP contribution in [0.2, 0.25) is 0 Å². The molecular weight excluding hydrogens is 352 g/mol. The van der Waals surface area contributed by atoms with E-state index < -0.39 is 18.5 Å². The fraction of sp³-hybridized carbons (Fsp3) is 0.105. The third-order valence-corrected chi connectivity index (χ3v) is 3.57. The van der Waals surface area contributed by atoms with Gasteiger partial charge in [-0.05, 0) is 42.0 Å². The number of carboxylic acid groups (broad SMARTS) is 1. The minimum absolute atomic E-state index is 0.115. The van der Waals surface area contributed by atoms with Crippen LogP contribution in [0.5, 0.6) is 11.5 Å². The number of rotatable bonds is 7.